The number of anilines is 1. The second-order valence-corrected chi connectivity index (χ2v) is 4.25. The Morgan fingerprint density at radius 2 is 2.31 bits per heavy atom. The van der Waals surface area contributed by atoms with Crippen molar-refractivity contribution in [2.45, 2.75) is 45.3 Å². The largest absolute Gasteiger partial charge is 0.376 e. The van der Waals surface area contributed by atoms with Crippen LogP contribution in [0.15, 0.2) is 12.4 Å². The van der Waals surface area contributed by atoms with E-state index in [1.807, 2.05) is 12.4 Å². The van der Waals surface area contributed by atoms with Crippen molar-refractivity contribution in [3.63, 3.8) is 0 Å². The van der Waals surface area contributed by atoms with Gasteiger partial charge in [0.15, 0.2) is 0 Å². The van der Waals surface area contributed by atoms with E-state index in [0.717, 1.165) is 25.6 Å². The lowest BCUT2D eigenvalue weighted by Crippen LogP contribution is -2.14. The van der Waals surface area contributed by atoms with E-state index in [-0.39, 0.29) is 0 Å². The predicted molar refractivity (Wildman–Crippen MR) is 64.6 cm³/mol. The lowest BCUT2D eigenvalue weighted by Gasteiger charge is -2.12. The molecule has 4 heteroatoms. The smallest absolute Gasteiger partial charge is 0.202 e. The zero-order chi connectivity index (χ0) is 11.2. The highest BCUT2D eigenvalue weighted by atomic mass is 16.5. The number of imidazole rings is 1. The molecule has 16 heavy (non-hydrogen) atoms. The molecule has 1 saturated carbocycles. The molecule has 1 aliphatic rings. The van der Waals surface area contributed by atoms with Crippen LogP contribution in [0.25, 0.3) is 0 Å². The van der Waals surface area contributed by atoms with Crippen LogP contribution < -0.4 is 5.32 Å². The van der Waals surface area contributed by atoms with Gasteiger partial charge in [-0.1, -0.05) is 12.8 Å². The van der Waals surface area contributed by atoms with Gasteiger partial charge in [-0.25, -0.2) is 4.98 Å². The second kappa shape index (κ2) is 5.89. The number of nitrogens with zero attached hydrogens (tertiary/aromatic N) is 2. The molecule has 0 amide bonds. The highest BCUT2D eigenvalue weighted by Crippen LogP contribution is 2.20. The number of nitrogens with one attached hydrogen (secondary N) is 1. The van der Waals surface area contributed by atoms with Gasteiger partial charge in [0.05, 0.1) is 12.7 Å². The van der Waals surface area contributed by atoms with Gasteiger partial charge < -0.3 is 14.6 Å². The maximum atomic E-state index is 5.83. The summed E-state index contributed by atoms with van der Waals surface area (Å²) in [5, 5.41) is 3.23. The molecule has 0 atom stereocenters. The summed E-state index contributed by atoms with van der Waals surface area (Å²) in [6.45, 7) is 4.66. The minimum atomic E-state index is 0.506. The zero-order valence-corrected chi connectivity index (χ0v) is 9.98. The number of ether oxygens (including phenoxy) is 1. The molecule has 0 aromatic carbocycles. The van der Waals surface area contributed by atoms with Crippen molar-refractivity contribution in [2.24, 2.45) is 0 Å². The Kier molecular flexibility index (Phi) is 4.22. The van der Waals surface area contributed by atoms with Gasteiger partial charge in [-0.15, -0.1) is 0 Å². The van der Waals surface area contributed by atoms with E-state index in [1.54, 1.807) is 0 Å². The lowest BCUT2D eigenvalue weighted by atomic mass is 10.3. The van der Waals surface area contributed by atoms with Crippen molar-refractivity contribution in [3.05, 3.63) is 12.4 Å². The average molecular weight is 223 g/mol. The van der Waals surface area contributed by atoms with E-state index in [1.165, 1.54) is 25.7 Å². The third-order valence-electron chi connectivity index (χ3n) is 3.04. The van der Waals surface area contributed by atoms with Crippen molar-refractivity contribution in [1.82, 2.24) is 9.55 Å². The minimum Gasteiger partial charge on any atom is -0.376 e. The summed E-state index contributed by atoms with van der Waals surface area (Å²) in [5.41, 5.74) is 0. The minimum absolute atomic E-state index is 0.506. The van der Waals surface area contributed by atoms with Crippen LogP contribution in [0.1, 0.15) is 32.6 Å². The standard InChI is InChI=1S/C12H21N3O/c1-2-13-12-14-7-8-15(12)9-10-16-11-5-3-4-6-11/h7-8,11H,2-6,9-10H2,1H3,(H,13,14). The number of rotatable bonds is 6. The molecule has 90 valence electrons. The fraction of sp³-hybridized carbons (Fsp3) is 0.750. The third kappa shape index (κ3) is 2.98. The third-order valence-corrected chi connectivity index (χ3v) is 3.04. The Balaban J connectivity index is 1.73. The van der Waals surface area contributed by atoms with Gasteiger partial charge >= 0.3 is 0 Å². The maximum absolute atomic E-state index is 5.83. The van der Waals surface area contributed by atoms with Gasteiger partial charge in [0.2, 0.25) is 5.95 Å². The quantitative estimate of drug-likeness (QED) is 0.804. The van der Waals surface area contributed by atoms with Crippen molar-refractivity contribution >= 4 is 5.95 Å². The lowest BCUT2D eigenvalue weighted by molar-refractivity contribution is 0.0532. The molecule has 0 radical (unpaired) electrons. The first-order valence-electron chi connectivity index (χ1n) is 6.26. The summed E-state index contributed by atoms with van der Waals surface area (Å²) in [5.74, 6) is 0.942. The van der Waals surface area contributed by atoms with Gasteiger partial charge in [-0.2, -0.15) is 0 Å². The summed E-state index contributed by atoms with van der Waals surface area (Å²) in [4.78, 5) is 4.25. The van der Waals surface area contributed by atoms with Gasteiger partial charge in [-0.3, -0.25) is 0 Å². The van der Waals surface area contributed by atoms with Gasteiger partial charge in [-0.05, 0) is 19.8 Å². The molecule has 0 aliphatic heterocycles. The molecule has 1 fully saturated rings. The predicted octanol–water partition coefficient (Wildman–Crippen LogP) is 2.27. The van der Waals surface area contributed by atoms with Crippen LogP contribution in [-0.4, -0.2) is 28.8 Å². The SMILES string of the molecule is CCNc1nccn1CCOC1CCCC1. The molecule has 1 N–H and O–H groups in total. The Hall–Kier alpha value is -1.03. The number of hydrogen-bond acceptors (Lipinski definition) is 3. The number of hydrogen-bond donors (Lipinski definition) is 1. The molecule has 2 rings (SSSR count). The molecule has 1 heterocycles. The van der Waals surface area contributed by atoms with Crippen LogP contribution in [0.5, 0.6) is 0 Å². The molecule has 1 aromatic heterocycles. The summed E-state index contributed by atoms with van der Waals surface area (Å²) >= 11 is 0. The van der Waals surface area contributed by atoms with E-state index in [9.17, 15) is 0 Å². The Labute approximate surface area is 97.0 Å². The van der Waals surface area contributed by atoms with Crippen molar-refractivity contribution in [3.8, 4) is 0 Å². The average Bonchev–Trinajstić information content (AvgIpc) is 2.91. The molecule has 1 aliphatic carbocycles. The summed E-state index contributed by atoms with van der Waals surface area (Å²) in [6.07, 6.45) is 9.47. The van der Waals surface area contributed by atoms with Crippen molar-refractivity contribution in [1.29, 1.82) is 0 Å². The summed E-state index contributed by atoms with van der Waals surface area (Å²) in [6, 6.07) is 0. The zero-order valence-electron chi connectivity index (χ0n) is 9.98. The fourth-order valence-corrected chi connectivity index (χ4v) is 2.19. The van der Waals surface area contributed by atoms with Crippen LogP contribution in [0.3, 0.4) is 0 Å². The summed E-state index contributed by atoms with van der Waals surface area (Å²) in [7, 11) is 0. The molecule has 0 unspecified atom stereocenters. The molecule has 0 saturated heterocycles. The maximum Gasteiger partial charge on any atom is 0.202 e. The summed E-state index contributed by atoms with van der Waals surface area (Å²) < 4.78 is 7.94. The molecule has 1 aromatic rings. The normalized spacial score (nSPS) is 16.8. The van der Waals surface area contributed by atoms with Crippen molar-refractivity contribution < 1.29 is 4.74 Å². The number of aromatic nitrogens is 2. The molecular formula is C12H21N3O. The Morgan fingerprint density at radius 1 is 1.50 bits per heavy atom. The van der Waals surface area contributed by atoms with Crippen LogP contribution in [-0.2, 0) is 11.3 Å². The Morgan fingerprint density at radius 3 is 3.06 bits per heavy atom. The second-order valence-electron chi connectivity index (χ2n) is 4.25. The van der Waals surface area contributed by atoms with Gasteiger partial charge in [0, 0.05) is 25.5 Å². The molecule has 4 nitrogen and oxygen atoms in total. The highest BCUT2D eigenvalue weighted by molar-refractivity contribution is 5.25. The monoisotopic (exact) mass is 223 g/mol. The fourth-order valence-electron chi connectivity index (χ4n) is 2.19. The molecule has 0 spiro atoms. The van der Waals surface area contributed by atoms with E-state index < -0.39 is 0 Å². The van der Waals surface area contributed by atoms with E-state index in [0.29, 0.717) is 6.10 Å². The first-order valence-corrected chi connectivity index (χ1v) is 6.26. The van der Waals surface area contributed by atoms with E-state index >= 15 is 0 Å². The Bertz CT molecular complexity index is 305. The van der Waals surface area contributed by atoms with Crippen molar-refractivity contribution in [2.75, 3.05) is 18.5 Å². The molecular weight excluding hydrogens is 202 g/mol. The topological polar surface area (TPSA) is 39.1 Å². The van der Waals surface area contributed by atoms with Crippen LogP contribution >= 0.6 is 0 Å². The van der Waals surface area contributed by atoms with Gasteiger partial charge in [0.25, 0.3) is 0 Å². The molecule has 0 bridgehead atoms. The van der Waals surface area contributed by atoms with E-state index in [4.69, 9.17) is 4.74 Å². The van der Waals surface area contributed by atoms with Crippen LogP contribution in [0.4, 0.5) is 5.95 Å². The highest BCUT2D eigenvalue weighted by Gasteiger charge is 2.14. The first-order chi connectivity index (χ1) is 7.90. The van der Waals surface area contributed by atoms with Gasteiger partial charge in [0.1, 0.15) is 0 Å². The first kappa shape index (κ1) is 11.5. The van der Waals surface area contributed by atoms with Crippen LogP contribution in [0, 0.1) is 0 Å². The van der Waals surface area contributed by atoms with Crippen LogP contribution in [0.2, 0.25) is 0 Å². The van der Waals surface area contributed by atoms with E-state index in [2.05, 4.69) is 21.8 Å².